The van der Waals surface area contributed by atoms with Crippen molar-refractivity contribution in [3.05, 3.63) is 12.7 Å². The van der Waals surface area contributed by atoms with Crippen LogP contribution in [-0.4, -0.2) is 24.8 Å². The van der Waals surface area contributed by atoms with Crippen molar-refractivity contribution in [3.8, 4) is 0 Å². The molecule has 0 aromatic heterocycles. The van der Waals surface area contributed by atoms with E-state index in [1.54, 1.807) is 0 Å². The van der Waals surface area contributed by atoms with Gasteiger partial charge in [-0.15, -0.1) is 0 Å². The van der Waals surface area contributed by atoms with E-state index in [9.17, 15) is 4.79 Å². The van der Waals surface area contributed by atoms with E-state index in [1.165, 1.54) is 6.08 Å². The molecule has 2 nitrogen and oxygen atoms in total. The predicted octanol–water partition coefficient (Wildman–Crippen LogP) is 1.55. The van der Waals surface area contributed by atoms with Crippen LogP contribution >= 0.6 is 0 Å². The average Bonchev–Trinajstić information content (AvgIpc) is 1.62. The Balaban J connectivity index is 3.74. The van der Waals surface area contributed by atoms with Crippen molar-refractivity contribution in [1.29, 1.82) is 0 Å². The van der Waals surface area contributed by atoms with Crippen LogP contribution in [0.1, 0.15) is 0 Å². The third kappa shape index (κ3) is 5.89. The zero-order chi connectivity index (χ0) is 7.49. The Morgan fingerprint density at radius 2 is 2.00 bits per heavy atom. The van der Waals surface area contributed by atoms with Crippen molar-refractivity contribution in [3.63, 3.8) is 0 Å². The van der Waals surface area contributed by atoms with Crippen LogP contribution in [0.4, 0.5) is 0 Å². The summed E-state index contributed by atoms with van der Waals surface area (Å²) in [6.45, 7) is 3.30. The van der Waals surface area contributed by atoms with Gasteiger partial charge in [0.25, 0.3) is 0 Å². The quantitative estimate of drug-likeness (QED) is 0.536. The van der Waals surface area contributed by atoms with Crippen LogP contribution in [-0.2, 0) is 7.87 Å². The molecule has 0 unspecified atom stereocenters. The normalized spacial score (nSPS) is 10.6. The van der Waals surface area contributed by atoms with Crippen LogP contribution in [0.15, 0.2) is 12.7 Å². The third-order valence-corrected chi connectivity index (χ3v) is 2.90. The summed E-state index contributed by atoms with van der Waals surface area (Å²) in [7, 11) is 0. The van der Waals surface area contributed by atoms with Gasteiger partial charge < -0.3 is 0 Å². The van der Waals surface area contributed by atoms with Crippen molar-refractivity contribution < 1.29 is 7.87 Å². The van der Waals surface area contributed by atoms with Crippen LogP contribution in [0.2, 0.25) is 14.8 Å². The van der Waals surface area contributed by atoms with Gasteiger partial charge in [0.05, 0.1) is 0 Å². The minimum atomic E-state index is -2.31. The minimum absolute atomic E-state index is 0.279. The fourth-order valence-corrected chi connectivity index (χ4v) is 2.30. The monoisotopic (exact) mass is 236 g/mol. The molecular weight excluding hydrogens is 223 g/mol. The molecule has 0 aliphatic carbocycles. The molecule has 0 saturated carbocycles. The van der Waals surface area contributed by atoms with Gasteiger partial charge in [-0.25, -0.2) is 0 Å². The number of rotatable bonds is 2. The molecule has 0 heterocycles. The standard InChI is InChI=1S/C3H4O2.3CH3.Sn/c1-2-3(4)5;;;;/h2H,1H2,(H,4,5);3*1H3;/q;;;;+1/p-1. The molecule has 0 atom stereocenters. The first-order chi connectivity index (χ1) is 3.95. The van der Waals surface area contributed by atoms with E-state index in [-0.39, 0.29) is 5.97 Å². The summed E-state index contributed by atoms with van der Waals surface area (Å²) in [4.78, 5) is 16.6. The van der Waals surface area contributed by atoms with Crippen molar-refractivity contribution >= 4 is 24.8 Å². The summed E-state index contributed by atoms with van der Waals surface area (Å²) >= 11 is -2.31. The van der Waals surface area contributed by atoms with Crippen LogP contribution in [0.5, 0.6) is 0 Å². The number of hydrogen-bond acceptors (Lipinski definition) is 2. The van der Waals surface area contributed by atoms with Crippen molar-refractivity contribution in [2.24, 2.45) is 0 Å². The van der Waals surface area contributed by atoms with Crippen molar-refractivity contribution in [1.82, 2.24) is 0 Å². The first kappa shape index (κ1) is 9.01. The third-order valence-electron chi connectivity index (χ3n) is 0.573. The predicted molar refractivity (Wildman–Crippen MR) is 39.6 cm³/mol. The second-order valence-corrected chi connectivity index (χ2v) is 15.4. The van der Waals surface area contributed by atoms with Gasteiger partial charge in [0.2, 0.25) is 0 Å². The van der Waals surface area contributed by atoms with Crippen molar-refractivity contribution in [2.75, 3.05) is 0 Å². The van der Waals surface area contributed by atoms with Gasteiger partial charge in [-0.1, -0.05) is 0 Å². The molecular formula is C6H12O2Sn. The van der Waals surface area contributed by atoms with E-state index in [2.05, 4.69) is 6.58 Å². The molecule has 0 aliphatic rings. The molecule has 0 N–H and O–H groups in total. The zero-order valence-electron chi connectivity index (χ0n) is 6.10. The van der Waals surface area contributed by atoms with Gasteiger partial charge in [-0.2, -0.15) is 0 Å². The van der Waals surface area contributed by atoms with E-state index in [4.69, 9.17) is 3.07 Å². The SMILES string of the molecule is C=CC(=O)[O][Sn]([CH3])([CH3])[CH3]. The maximum absolute atomic E-state index is 10.5. The number of hydrogen-bond donors (Lipinski definition) is 0. The number of carbonyl (C=O) groups is 1. The Bertz CT molecular complexity index is 124. The topological polar surface area (TPSA) is 26.3 Å². The Morgan fingerprint density at radius 3 is 2.11 bits per heavy atom. The average molecular weight is 235 g/mol. The van der Waals surface area contributed by atoms with E-state index < -0.39 is 18.8 Å². The second-order valence-electron chi connectivity index (χ2n) is 2.74. The van der Waals surface area contributed by atoms with Gasteiger partial charge in [-0.3, -0.25) is 0 Å². The van der Waals surface area contributed by atoms with E-state index in [1.807, 2.05) is 14.8 Å². The molecule has 0 radical (unpaired) electrons. The van der Waals surface area contributed by atoms with Crippen LogP contribution in [0, 0.1) is 0 Å². The molecule has 0 fully saturated rings. The molecule has 0 spiro atoms. The maximum atomic E-state index is 10.5. The summed E-state index contributed by atoms with van der Waals surface area (Å²) in [6.07, 6.45) is 1.21. The summed E-state index contributed by atoms with van der Waals surface area (Å²) in [5.74, 6) is -0.279. The molecule has 52 valence electrons. The Kier molecular flexibility index (Phi) is 3.25. The van der Waals surface area contributed by atoms with Gasteiger partial charge >= 0.3 is 60.1 Å². The molecule has 0 rings (SSSR count). The summed E-state index contributed by atoms with van der Waals surface area (Å²) < 4.78 is 5.04. The van der Waals surface area contributed by atoms with Gasteiger partial charge in [-0.05, 0) is 0 Å². The molecule has 3 heteroatoms. The zero-order valence-corrected chi connectivity index (χ0v) is 8.96. The molecule has 0 saturated heterocycles. The summed E-state index contributed by atoms with van der Waals surface area (Å²) in [6, 6.07) is 0. The molecule has 0 bridgehead atoms. The fourth-order valence-electron chi connectivity index (χ4n) is 0.343. The van der Waals surface area contributed by atoms with E-state index >= 15 is 0 Å². The molecule has 0 aromatic rings. The first-order valence-electron chi connectivity index (χ1n) is 2.81. The Hall–Kier alpha value is 0.00870. The van der Waals surface area contributed by atoms with Crippen LogP contribution in [0.25, 0.3) is 0 Å². The molecule has 0 aromatic carbocycles. The number of carbonyl (C=O) groups excluding carboxylic acids is 1. The van der Waals surface area contributed by atoms with Crippen LogP contribution in [0.3, 0.4) is 0 Å². The second kappa shape index (κ2) is 3.25. The molecule has 0 aliphatic heterocycles. The van der Waals surface area contributed by atoms with Gasteiger partial charge in [0, 0.05) is 0 Å². The Labute approximate surface area is 60.3 Å². The van der Waals surface area contributed by atoms with Crippen molar-refractivity contribution in [2.45, 2.75) is 14.8 Å². The summed E-state index contributed by atoms with van der Waals surface area (Å²) in [5, 5.41) is 0. The van der Waals surface area contributed by atoms with E-state index in [0.29, 0.717) is 0 Å². The fraction of sp³-hybridized carbons (Fsp3) is 0.500. The van der Waals surface area contributed by atoms with E-state index in [0.717, 1.165) is 0 Å². The molecule has 9 heavy (non-hydrogen) atoms. The van der Waals surface area contributed by atoms with Gasteiger partial charge in [0.1, 0.15) is 0 Å². The Morgan fingerprint density at radius 1 is 1.56 bits per heavy atom. The first-order valence-corrected chi connectivity index (χ1v) is 12.5. The van der Waals surface area contributed by atoms with Crippen LogP contribution < -0.4 is 0 Å². The molecule has 0 amide bonds. The van der Waals surface area contributed by atoms with Gasteiger partial charge in [0.15, 0.2) is 0 Å². The summed E-state index contributed by atoms with van der Waals surface area (Å²) in [5.41, 5.74) is 0.